The molecule has 1 atom stereocenters. The Kier molecular flexibility index (Phi) is 6.91. The number of methoxy groups -OCH3 is 1. The summed E-state index contributed by atoms with van der Waals surface area (Å²) in [7, 11) is 1.35. The molecule has 0 spiro atoms. The van der Waals surface area contributed by atoms with E-state index in [1.807, 2.05) is 6.07 Å². The van der Waals surface area contributed by atoms with Gasteiger partial charge in [0.05, 0.1) is 7.11 Å². The predicted molar refractivity (Wildman–Crippen MR) is 73.2 cm³/mol. The standard InChI is InChI=1S/C12H13N4O2.C2HF3O2/c1-9(12(17)18-2)16-7-4-10(8-15-16)11-13-5-3-6-14-11;3-2(4,5)1(6)7/h3-9H,1-2H3;(H,6,7)/q+1;/p-1. The molecule has 2 aromatic rings. The van der Waals surface area contributed by atoms with Crippen LogP contribution in [-0.4, -0.2) is 40.3 Å². The van der Waals surface area contributed by atoms with Crippen LogP contribution < -0.4 is 9.79 Å². The topological polar surface area (TPSA) is 109 Å². The number of carboxylic acids is 1. The first-order chi connectivity index (χ1) is 11.7. The van der Waals surface area contributed by atoms with E-state index in [1.165, 1.54) is 11.8 Å². The number of carbonyl (C=O) groups is 2. The fourth-order valence-corrected chi connectivity index (χ4v) is 1.46. The third-order valence-corrected chi connectivity index (χ3v) is 2.73. The van der Waals surface area contributed by atoms with Gasteiger partial charge in [-0.1, -0.05) is 4.68 Å². The summed E-state index contributed by atoms with van der Waals surface area (Å²) >= 11 is 0. The maximum atomic E-state index is 11.4. The van der Waals surface area contributed by atoms with E-state index in [4.69, 9.17) is 9.90 Å². The number of hydrogen-bond donors (Lipinski definition) is 0. The first kappa shape index (κ1) is 19.9. The summed E-state index contributed by atoms with van der Waals surface area (Å²) in [6.45, 7) is 1.72. The van der Waals surface area contributed by atoms with E-state index >= 15 is 0 Å². The van der Waals surface area contributed by atoms with Gasteiger partial charge in [-0.3, -0.25) is 0 Å². The molecule has 0 N–H and O–H groups in total. The number of carboxylic acid groups (broad SMARTS) is 1. The van der Waals surface area contributed by atoms with E-state index in [9.17, 15) is 18.0 Å². The molecule has 2 aromatic heterocycles. The summed E-state index contributed by atoms with van der Waals surface area (Å²) in [4.78, 5) is 28.4. The average Bonchev–Trinajstić information content (AvgIpc) is 2.61. The molecular weight excluding hydrogens is 345 g/mol. The normalized spacial score (nSPS) is 11.7. The van der Waals surface area contributed by atoms with Crippen molar-refractivity contribution < 1.29 is 37.3 Å². The Morgan fingerprint density at radius 3 is 2.24 bits per heavy atom. The molecule has 134 valence electrons. The van der Waals surface area contributed by atoms with Gasteiger partial charge in [0.15, 0.2) is 12.0 Å². The van der Waals surface area contributed by atoms with Crippen molar-refractivity contribution in [1.29, 1.82) is 0 Å². The Balaban J connectivity index is 0.000000381. The Labute approximate surface area is 139 Å². The van der Waals surface area contributed by atoms with Crippen LogP contribution >= 0.6 is 0 Å². The molecule has 0 amide bonds. The number of aromatic nitrogens is 4. The Bertz CT molecular complexity index is 708. The molecular formula is C14H13F3N4O4. The zero-order valence-electron chi connectivity index (χ0n) is 13.1. The number of carbonyl (C=O) groups excluding carboxylic acids is 2. The van der Waals surface area contributed by atoms with Crippen LogP contribution in [0.3, 0.4) is 0 Å². The van der Waals surface area contributed by atoms with Crippen molar-refractivity contribution in [2.24, 2.45) is 0 Å². The Morgan fingerprint density at radius 1 is 1.28 bits per heavy atom. The second kappa shape index (κ2) is 8.66. The lowest BCUT2D eigenvalue weighted by atomic mass is 10.3. The van der Waals surface area contributed by atoms with Crippen molar-refractivity contribution in [3.8, 4) is 11.4 Å². The Morgan fingerprint density at radius 2 is 1.84 bits per heavy atom. The molecule has 0 bridgehead atoms. The number of alkyl halides is 3. The van der Waals surface area contributed by atoms with Gasteiger partial charge in [-0.2, -0.15) is 13.2 Å². The van der Waals surface area contributed by atoms with Crippen LogP contribution in [0, 0.1) is 0 Å². The van der Waals surface area contributed by atoms with Crippen LogP contribution in [0.5, 0.6) is 0 Å². The number of halogens is 3. The molecule has 0 saturated heterocycles. The number of nitrogens with zero attached hydrogens (tertiary/aromatic N) is 4. The van der Waals surface area contributed by atoms with Crippen molar-refractivity contribution in [2.75, 3.05) is 7.11 Å². The Hall–Kier alpha value is -3.11. The maximum absolute atomic E-state index is 11.4. The minimum atomic E-state index is -5.19. The summed E-state index contributed by atoms with van der Waals surface area (Å²) in [6, 6.07) is 3.10. The van der Waals surface area contributed by atoms with Gasteiger partial charge in [0.2, 0.25) is 0 Å². The van der Waals surface area contributed by atoms with E-state index in [0.717, 1.165) is 5.56 Å². The molecule has 25 heavy (non-hydrogen) atoms. The van der Waals surface area contributed by atoms with Crippen LogP contribution in [0.2, 0.25) is 0 Å². The van der Waals surface area contributed by atoms with Gasteiger partial charge < -0.3 is 14.6 Å². The molecule has 8 nitrogen and oxygen atoms in total. The number of rotatable bonds is 3. The molecule has 1 unspecified atom stereocenters. The van der Waals surface area contributed by atoms with Gasteiger partial charge >= 0.3 is 12.1 Å². The van der Waals surface area contributed by atoms with Crippen molar-refractivity contribution in [1.82, 2.24) is 15.1 Å². The molecule has 11 heteroatoms. The lowest BCUT2D eigenvalue weighted by Gasteiger charge is -2.03. The lowest BCUT2D eigenvalue weighted by Crippen LogP contribution is -2.45. The summed E-state index contributed by atoms with van der Waals surface area (Å²) < 4.78 is 37.7. The number of ether oxygens (including phenoxy) is 1. The third kappa shape index (κ3) is 6.12. The first-order valence-corrected chi connectivity index (χ1v) is 6.67. The first-order valence-electron chi connectivity index (χ1n) is 6.67. The number of aliphatic carboxylic acids is 1. The van der Waals surface area contributed by atoms with Gasteiger partial charge in [-0.25, -0.2) is 14.8 Å². The van der Waals surface area contributed by atoms with Crippen LogP contribution in [0.4, 0.5) is 13.2 Å². The van der Waals surface area contributed by atoms with E-state index in [2.05, 4.69) is 19.8 Å². The van der Waals surface area contributed by atoms with E-state index in [1.54, 1.807) is 37.8 Å². The van der Waals surface area contributed by atoms with E-state index < -0.39 is 18.2 Å². The van der Waals surface area contributed by atoms with Gasteiger partial charge in [-0.15, -0.1) is 0 Å². The molecule has 0 fully saturated rings. The monoisotopic (exact) mass is 358 g/mol. The second-order valence-corrected chi connectivity index (χ2v) is 4.45. The zero-order valence-corrected chi connectivity index (χ0v) is 13.1. The fourth-order valence-electron chi connectivity index (χ4n) is 1.46. The SMILES string of the molecule is COC(=O)C(C)[n+]1ccc(-c2ncccn2)cn1.O=C([O-])C(F)(F)F. The van der Waals surface area contributed by atoms with E-state index in [0.29, 0.717) is 5.82 Å². The quantitative estimate of drug-likeness (QED) is 0.555. The minimum Gasteiger partial charge on any atom is -0.542 e. The summed E-state index contributed by atoms with van der Waals surface area (Å²) in [6.07, 6.45) is 1.46. The molecule has 2 heterocycles. The summed E-state index contributed by atoms with van der Waals surface area (Å²) in [5.41, 5.74) is 0.795. The average molecular weight is 358 g/mol. The highest BCUT2D eigenvalue weighted by atomic mass is 19.4. The second-order valence-electron chi connectivity index (χ2n) is 4.45. The maximum Gasteiger partial charge on any atom is 0.430 e. The van der Waals surface area contributed by atoms with Crippen molar-refractivity contribution in [3.05, 3.63) is 36.9 Å². The highest BCUT2D eigenvalue weighted by Crippen LogP contribution is 2.11. The predicted octanol–water partition coefficient (Wildman–Crippen LogP) is -0.141. The van der Waals surface area contributed by atoms with Crippen molar-refractivity contribution in [3.63, 3.8) is 0 Å². The van der Waals surface area contributed by atoms with Gasteiger partial charge in [0.25, 0.3) is 6.04 Å². The molecule has 0 aromatic carbocycles. The fraction of sp³-hybridized carbons (Fsp3) is 0.286. The minimum absolute atomic E-state index is 0.337. The largest absolute Gasteiger partial charge is 0.542 e. The lowest BCUT2D eigenvalue weighted by molar-refractivity contribution is -0.763. The smallest absolute Gasteiger partial charge is 0.430 e. The van der Waals surface area contributed by atoms with Gasteiger partial charge in [0, 0.05) is 30.9 Å². The van der Waals surface area contributed by atoms with Crippen LogP contribution in [0.1, 0.15) is 13.0 Å². The molecule has 0 radical (unpaired) electrons. The van der Waals surface area contributed by atoms with Crippen molar-refractivity contribution >= 4 is 11.9 Å². The molecule has 2 rings (SSSR count). The molecule has 0 aliphatic heterocycles. The third-order valence-electron chi connectivity index (χ3n) is 2.73. The van der Waals surface area contributed by atoms with Gasteiger partial charge in [-0.05, 0) is 11.2 Å². The highest BCUT2D eigenvalue weighted by Gasteiger charge is 2.28. The van der Waals surface area contributed by atoms with Crippen LogP contribution in [0.15, 0.2) is 36.9 Å². The molecule has 0 aliphatic rings. The molecule has 0 saturated carbocycles. The van der Waals surface area contributed by atoms with Gasteiger partial charge in [0.1, 0.15) is 12.2 Å². The summed E-state index contributed by atoms with van der Waals surface area (Å²) in [5.74, 6) is -2.74. The highest BCUT2D eigenvalue weighted by molar-refractivity contribution is 5.71. The number of hydrogen-bond acceptors (Lipinski definition) is 7. The zero-order chi connectivity index (χ0) is 19.0. The van der Waals surface area contributed by atoms with Crippen LogP contribution in [-0.2, 0) is 14.3 Å². The molecule has 0 aliphatic carbocycles. The number of esters is 1. The van der Waals surface area contributed by atoms with Crippen molar-refractivity contribution in [2.45, 2.75) is 19.1 Å². The summed E-state index contributed by atoms with van der Waals surface area (Å²) in [5, 5.41) is 12.9. The van der Waals surface area contributed by atoms with E-state index in [-0.39, 0.29) is 5.97 Å². The van der Waals surface area contributed by atoms with Crippen LogP contribution in [0.25, 0.3) is 11.4 Å².